The van der Waals surface area contributed by atoms with Crippen LogP contribution in [0.4, 0.5) is 0 Å². The number of hydrogen-bond donors (Lipinski definition) is 1. The maximum absolute atomic E-state index is 5.84. The van der Waals surface area contributed by atoms with Crippen molar-refractivity contribution < 1.29 is 4.74 Å². The van der Waals surface area contributed by atoms with Crippen LogP contribution in [0.5, 0.6) is 5.75 Å². The molecular formula is C14H19N3O. The van der Waals surface area contributed by atoms with Crippen LogP contribution in [0.15, 0.2) is 36.9 Å². The molecule has 4 heteroatoms. The minimum Gasteiger partial charge on any atom is -0.493 e. The number of aryl methyl sites for hydroxylation is 2. The lowest BCUT2D eigenvalue weighted by atomic mass is 10.1. The van der Waals surface area contributed by atoms with Crippen molar-refractivity contribution in [2.24, 2.45) is 5.73 Å². The number of ether oxygens (including phenoxy) is 1. The second-order valence-corrected chi connectivity index (χ2v) is 4.27. The van der Waals surface area contributed by atoms with Gasteiger partial charge in [0, 0.05) is 31.0 Å². The lowest BCUT2D eigenvalue weighted by Gasteiger charge is -2.13. The predicted molar refractivity (Wildman–Crippen MR) is 71.4 cm³/mol. The van der Waals surface area contributed by atoms with Gasteiger partial charge in [-0.2, -0.15) is 0 Å². The van der Waals surface area contributed by atoms with Gasteiger partial charge < -0.3 is 15.0 Å². The molecule has 0 spiro atoms. The van der Waals surface area contributed by atoms with Gasteiger partial charge >= 0.3 is 0 Å². The van der Waals surface area contributed by atoms with E-state index in [1.165, 1.54) is 0 Å². The monoisotopic (exact) mass is 245 g/mol. The summed E-state index contributed by atoms with van der Waals surface area (Å²) in [4.78, 5) is 4.01. The number of hydrogen-bond acceptors (Lipinski definition) is 3. The van der Waals surface area contributed by atoms with Gasteiger partial charge in [0.1, 0.15) is 5.75 Å². The summed E-state index contributed by atoms with van der Waals surface area (Å²) in [5.41, 5.74) is 7.92. The van der Waals surface area contributed by atoms with Crippen molar-refractivity contribution >= 4 is 0 Å². The van der Waals surface area contributed by atoms with Gasteiger partial charge in [0.05, 0.1) is 12.9 Å². The van der Waals surface area contributed by atoms with Crippen LogP contribution < -0.4 is 10.5 Å². The molecule has 18 heavy (non-hydrogen) atoms. The third kappa shape index (κ3) is 3.11. The van der Waals surface area contributed by atoms with E-state index in [1.807, 2.05) is 42.2 Å². The Labute approximate surface area is 107 Å². The molecule has 0 unspecified atom stereocenters. The molecule has 1 aromatic heterocycles. The van der Waals surface area contributed by atoms with Gasteiger partial charge in [-0.3, -0.25) is 0 Å². The third-order valence-electron chi connectivity index (χ3n) is 2.88. The zero-order valence-electron chi connectivity index (χ0n) is 10.7. The van der Waals surface area contributed by atoms with E-state index in [0.717, 1.165) is 29.8 Å². The zero-order chi connectivity index (χ0) is 12.8. The number of nitrogens with two attached hydrogens (primary N) is 1. The molecule has 0 saturated heterocycles. The van der Waals surface area contributed by atoms with Crippen molar-refractivity contribution in [2.75, 3.05) is 6.61 Å². The number of benzene rings is 1. The SMILES string of the molecule is Cc1cccc(CN)c1OCCCn1ccnc1. The van der Waals surface area contributed by atoms with Gasteiger partial charge in [-0.25, -0.2) is 4.98 Å². The Balaban J connectivity index is 1.86. The number of nitrogens with zero attached hydrogens (tertiary/aromatic N) is 2. The summed E-state index contributed by atoms with van der Waals surface area (Å²) in [5.74, 6) is 0.936. The minimum absolute atomic E-state index is 0.512. The quantitative estimate of drug-likeness (QED) is 0.793. The molecule has 2 N–H and O–H groups in total. The fraction of sp³-hybridized carbons (Fsp3) is 0.357. The van der Waals surface area contributed by atoms with Gasteiger partial charge in [0.2, 0.25) is 0 Å². The van der Waals surface area contributed by atoms with Crippen molar-refractivity contribution in [1.82, 2.24) is 9.55 Å². The molecule has 0 saturated carbocycles. The average Bonchev–Trinajstić information content (AvgIpc) is 2.89. The minimum atomic E-state index is 0.512. The molecule has 1 aromatic carbocycles. The fourth-order valence-corrected chi connectivity index (χ4v) is 1.92. The molecule has 0 aliphatic carbocycles. The van der Waals surface area contributed by atoms with Crippen LogP contribution in [0.25, 0.3) is 0 Å². The Bertz CT molecular complexity index is 480. The van der Waals surface area contributed by atoms with E-state index in [1.54, 1.807) is 6.20 Å². The highest BCUT2D eigenvalue weighted by Gasteiger charge is 2.05. The highest BCUT2D eigenvalue weighted by Crippen LogP contribution is 2.23. The van der Waals surface area contributed by atoms with Crippen LogP contribution in [0.1, 0.15) is 17.5 Å². The molecule has 0 radical (unpaired) electrons. The van der Waals surface area contributed by atoms with Crippen LogP contribution in [0, 0.1) is 6.92 Å². The number of rotatable bonds is 6. The van der Waals surface area contributed by atoms with Crippen molar-refractivity contribution in [1.29, 1.82) is 0 Å². The number of imidazole rings is 1. The second kappa shape index (κ2) is 6.21. The first-order valence-corrected chi connectivity index (χ1v) is 6.18. The predicted octanol–water partition coefficient (Wildman–Crippen LogP) is 2.12. The molecule has 2 rings (SSSR count). The van der Waals surface area contributed by atoms with E-state index >= 15 is 0 Å². The lowest BCUT2D eigenvalue weighted by Crippen LogP contribution is -2.07. The van der Waals surface area contributed by atoms with Crippen LogP contribution in [-0.4, -0.2) is 16.2 Å². The lowest BCUT2D eigenvalue weighted by molar-refractivity contribution is 0.297. The van der Waals surface area contributed by atoms with Crippen LogP contribution >= 0.6 is 0 Å². The van der Waals surface area contributed by atoms with Crippen LogP contribution in [0.3, 0.4) is 0 Å². The third-order valence-corrected chi connectivity index (χ3v) is 2.88. The highest BCUT2D eigenvalue weighted by molar-refractivity contribution is 5.40. The van der Waals surface area contributed by atoms with Crippen LogP contribution in [-0.2, 0) is 13.1 Å². The first-order valence-electron chi connectivity index (χ1n) is 6.18. The summed E-state index contributed by atoms with van der Waals surface area (Å²) in [6.07, 6.45) is 6.52. The summed E-state index contributed by atoms with van der Waals surface area (Å²) in [7, 11) is 0. The Morgan fingerprint density at radius 1 is 1.39 bits per heavy atom. The molecule has 4 nitrogen and oxygen atoms in total. The molecule has 96 valence electrons. The summed E-state index contributed by atoms with van der Waals surface area (Å²) < 4.78 is 7.89. The van der Waals surface area contributed by atoms with Crippen molar-refractivity contribution in [2.45, 2.75) is 26.4 Å². The molecule has 2 aromatic rings. The topological polar surface area (TPSA) is 53.1 Å². The van der Waals surface area contributed by atoms with Crippen molar-refractivity contribution in [3.05, 3.63) is 48.0 Å². The summed E-state index contributed by atoms with van der Waals surface area (Å²) in [5, 5.41) is 0. The van der Waals surface area contributed by atoms with Gasteiger partial charge in [-0.15, -0.1) is 0 Å². The Hall–Kier alpha value is -1.81. The van der Waals surface area contributed by atoms with Gasteiger partial charge in [-0.1, -0.05) is 18.2 Å². The van der Waals surface area contributed by atoms with Crippen molar-refractivity contribution in [3.63, 3.8) is 0 Å². The highest BCUT2D eigenvalue weighted by atomic mass is 16.5. The molecule has 1 heterocycles. The molecule has 0 atom stereocenters. The first kappa shape index (κ1) is 12.6. The maximum Gasteiger partial charge on any atom is 0.126 e. The fourth-order valence-electron chi connectivity index (χ4n) is 1.92. The number of para-hydroxylation sites is 1. The second-order valence-electron chi connectivity index (χ2n) is 4.27. The molecule has 0 fully saturated rings. The summed E-state index contributed by atoms with van der Waals surface area (Å²) >= 11 is 0. The molecular weight excluding hydrogens is 226 g/mol. The Morgan fingerprint density at radius 3 is 3.00 bits per heavy atom. The Kier molecular flexibility index (Phi) is 4.36. The smallest absolute Gasteiger partial charge is 0.126 e. The van der Waals surface area contributed by atoms with Gasteiger partial charge in [-0.05, 0) is 18.9 Å². The summed E-state index contributed by atoms with van der Waals surface area (Å²) in [6.45, 7) is 4.17. The standard InChI is InChI=1S/C14H19N3O/c1-12-4-2-5-13(10-15)14(12)18-9-3-7-17-8-6-16-11-17/h2,4-6,8,11H,3,7,9-10,15H2,1H3. The maximum atomic E-state index is 5.84. The normalized spacial score (nSPS) is 10.6. The molecule has 0 amide bonds. The van der Waals surface area contributed by atoms with E-state index in [2.05, 4.69) is 4.98 Å². The van der Waals surface area contributed by atoms with E-state index in [0.29, 0.717) is 13.2 Å². The van der Waals surface area contributed by atoms with E-state index < -0.39 is 0 Å². The molecule has 0 aliphatic rings. The van der Waals surface area contributed by atoms with Crippen LogP contribution in [0.2, 0.25) is 0 Å². The van der Waals surface area contributed by atoms with E-state index in [4.69, 9.17) is 10.5 Å². The Morgan fingerprint density at radius 2 is 2.28 bits per heavy atom. The zero-order valence-corrected chi connectivity index (χ0v) is 10.7. The number of aromatic nitrogens is 2. The molecule has 0 aliphatic heterocycles. The largest absolute Gasteiger partial charge is 0.493 e. The van der Waals surface area contributed by atoms with E-state index in [-0.39, 0.29) is 0 Å². The van der Waals surface area contributed by atoms with Crippen molar-refractivity contribution in [3.8, 4) is 5.75 Å². The average molecular weight is 245 g/mol. The van der Waals surface area contributed by atoms with E-state index in [9.17, 15) is 0 Å². The molecule has 0 bridgehead atoms. The summed E-state index contributed by atoms with van der Waals surface area (Å²) in [6, 6.07) is 6.07. The van der Waals surface area contributed by atoms with Gasteiger partial charge in [0.25, 0.3) is 0 Å². The van der Waals surface area contributed by atoms with Gasteiger partial charge in [0.15, 0.2) is 0 Å². The first-order chi connectivity index (χ1) is 8.81.